The number of methoxy groups -OCH3 is 1. The number of ether oxygens (including phenoxy) is 1. The van der Waals surface area contributed by atoms with Gasteiger partial charge in [-0.2, -0.15) is 0 Å². The highest BCUT2D eigenvalue weighted by Gasteiger charge is 2.10. The van der Waals surface area contributed by atoms with Gasteiger partial charge in [-0.3, -0.25) is 4.79 Å². The number of carbonyl (C=O) groups is 1. The Morgan fingerprint density at radius 2 is 2.06 bits per heavy atom. The lowest BCUT2D eigenvalue weighted by Gasteiger charge is -2.07. The van der Waals surface area contributed by atoms with Gasteiger partial charge in [0.2, 0.25) is 5.91 Å². The van der Waals surface area contributed by atoms with Crippen molar-refractivity contribution in [2.45, 2.75) is 6.42 Å². The zero-order valence-corrected chi connectivity index (χ0v) is 9.28. The Morgan fingerprint density at radius 3 is 2.69 bits per heavy atom. The summed E-state index contributed by atoms with van der Waals surface area (Å²) in [5.74, 6) is -2.50. The summed E-state index contributed by atoms with van der Waals surface area (Å²) in [6.07, 6.45) is 0.117. The maximum absolute atomic E-state index is 12.9. The van der Waals surface area contributed by atoms with Gasteiger partial charge in [0.15, 0.2) is 11.6 Å². The third kappa shape index (κ3) is 3.43. The molecule has 1 N–H and O–H groups in total. The summed E-state index contributed by atoms with van der Waals surface area (Å²) in [6, 6.07) is 1.64. The van der Waals surface area contributed by atoms with Gasteiger partial charge in [0, 0.05) is 13.2 Å². The molecule has 88 valence electrons. The van der Waals surface area contributed by atoms with Crippen LogP contribution in [0.15, 0.2) is 12.1 Å². The molecular weight excluding hydrogens is 240 g/mol. The van der Waals surface area contributed by atoms with Gasteiger partial charge in [-0.05, 0) is 6.07 Å². The Morgan fingerprint density at radius 1 is 1.44 bits per heavy atom. The van der Waals surface area contributed by atoms with Crippen LogP contribution in [0, 0.1) is 11.6 Å². The number of carbonyl (C=O) groups excluding carboxylic acids is 1. The molecule has 0 unspecified atom stereocenters. The van der Waals surface area contributed by atoms with E-state index in [0.29, 0.717) is 0 Å². The van der Waals surface area contributed by atoms with Crippen molar-refractivity contribution >= 4 is 23.2 Å². The molecule has 1 rings (SSSR count). The smallest absolute Gasteiger partial charge is 0.226 e. The van der Waals surface area contributed by atoms with Gasteiger partial charge < -0.3 is 10.1 Å². The molecular formula is C10H10ClF2NO2. The van der Waals surface area contributed by atoms with Gasteiger partial charge in [0.1, 0.15) is 0 Å². The molecule has 1 aromatic rings. The molecule has 0 aliphatic carbocycles. The summed E-state index contributed by atoms with van der Waals surface area (Å²) in [7, 11) is 1.46. The topological polar surface area (TPSA) is 38.3 Å². The summed E-state index contributed by atoms with van der Waals surface area (Å²) in [5.41, 5.74) is 0.0432. The van der Waals surface area contributed by atoms with Crippen molar-refractivity contribution in [3.8, 4) is 0 Å². The Labute approximate surface area is 96.4 Å². The maximum Gasteiger partial charge on any atom is 0.226 e. The van der Waals surface area contributed by atoms with E-state index >= 15 is 0 Å². The first-order chi connectivity index (χ1) is 7.54. The maximum atomic E-state index is 12.9. The monoisotopic (exact) mass is 249 g/mol. The first kappa shape index (κ1) is 12.9. The van der Waals surface area contributed by atoms with E-state index in [1.807, 2.05) is 0 Å². The SMILES string of the molecule is COCCC(=O)Nc1cc(F)c(F)cc1Cl. The van der Waals surface area contributed by atoms with Crippen molar-refractivity contribution in [1.29, 1.82) is 0 Å². The fraction of sp³-hybridized carbons (Fsp3) is 0.300. The molecule has 0 spiro atoms. The lowest BCUT2D eigenvalue weighted by Crippen LogP contribution is -2.14. The van der Waals surface area contributed by atoms with Crippen LogP contribution >= 0.6 is 11.6 Å². The molecule has 0 aromatic heterocycles. The number of benzene rings is 1. The van der Waals surface area contributed by atoms with Crippen molar-refractivity contribution in [3.63, 3.8) is 0 Å². The van der Waals surface area contributed by atoms with Crippen molar-refractivity contribution in [1.82, 2.24) is 0 Å². The first-order valence-corrected chi connectivity index (χ1v) is 4.85. The number of rotatable bonds is 4. The second kappa shape index (κ2) is 5.77. The molecule has 0 bridgehead atoms. The molecule has 0 radical (unpaired) electrons. The lowest BCUT2D eigenvalue weighted by atomic mass is 10.3. The minimum absolute atomic E-state index is 0.0432. The van der Waals surface area contributed by atoms with Crippen LogP contribution in [-0.2, 0) is 9.53 Å². The van der Waals surface area contributed by atoms with Gasteiger partial charge >= 0.3 is 0 Å². The quantitative estimate of drug-likeness (QED) is 0.833. The molecule has 0 aliphatic rings. The molecule has 3 nitrogen and oxygen atoms in total. The highest BCUT2D eigenvalue weighted by molar-refractivity contribution is 6.33. The molecule has 0 heterocycles. The van der Waals surface area contributed by atoms with E-state index in [9.17, 15) is 13.6 Å². The third-order valence-corrected chi connectivity index (χ3v) is 2.13. The van der Waals surface area contributed by atoms with E-state index < -0.39 is 11.6 Å². The predicted octanol–water partition coefficient (Wildman–Crippen LogP) is 2.59. The highest BCUT2D eigenvalue weighted by atomic mass is 35.5. The average molecular weight is 250 g/mol. The number of hydrogen-bond donors (Lipinski definition) is 1. The van der Waals surface area contributed by atoms with E-state index in [1.165, 1.54) is 7.11 Å². The highest BCUT2D eigenvalue weighted by Crippen LogP contribution is 2.24. The van der Waals surface area contributed by atoms with E-state index in [-0.39, 0.29) is 29.6 Å². The Kier molecular flexibility index (Phi) is 4.64. The normalized spacial score (nSPS) is 10.2. The van der Waals surface area contributed by atoms with Crippen LogP contribution in [0.1, 0.15) is 6.42 Å². The van der Waals surface area contributed by atoms with Gasteiger partial charge in [0.25, 0.3) is 0 Å². The number of halogens is 3. The Bertz CT molecular complexity index is 399. The molecule has 1 aromatic carbocycles. The number of hydrogen-bond acceptors (Lipinski definition) is 2. The van der Waals surface area contributed by atoms with E-state index in [4.69, 9.17) is 16.3 Å². The minimum Gasteiger partial charge on any atom is -0.384 e. The first-order valence-electron chi connectivity index (χ1n) is 4.48. The summed E-state index contributed by atoms with van der Waals surface area (Å²) in [4.78, 5) is 11.3. The van der Waals surface area contributed by atoms with Crippen LogP contribution in [0.2, 0.25) is 5.02 Å². The van der Waals surface area contributed by atoms with Crippen LogP contribution in [0.5, 0.6) is 0 Å². The zero-order valence-electron chi connectivity index (χ0n) is 8.52. The van der Waals surface area contributed by atoms with Crippen LogP contribution in [0.3, 0.4) is 0 Å². The van der Waals surface area contributed by atoms with Crippen molar-refractivity contribution in [2.24, 2.45) is 0 Å². The van der Waals surface area contributed by atoms with Gasteiger partial charge in [-0.1, -0.05) is 11.6 Å². The van der Waals surface area contributed by atoms with E-state index in [0.717, 1.165) is 12.1 Å². The largest absolute Gasteiger partial charge is 0.384 e. The van der Waals surface area contributed by atoms with Gasteiger partial charge in [-0.25, -0.2) is 8.78 Å². The summed E-state index contributed by atoms with van der Waals surface area (Å²) in [6.45, 7) is 0.243. The fourth-order valence-electron chi connectivity index (χ4n) is 1.03. The number of anilines is 1. The van der Waals surface area contributed by atoms with Crippen LogP contribution in [-0.4, -0.2) is 19.6 Å². The zero-order chi connectivity index (χ0) is 12.1. The second-order valence-electron chi connectivity index (χ2n) is 3.04. The van der Waals surface area contributed by atoms with Crippen molar-refractivity contribution in [2.75, 3.05) is 19.0 Å². The van der Waals surface area contributed by atoms with Crippen LogP contribution < -0.4 is 5.32 Å². The molecule has 0 aliphatic heterocycles. The fourth-order valence-corrected chi connectivity index (χ4v) is 1.22. The molecule has 0 fully saturated rings. The minimum atomic E-state index is -1.06. The molecule has 16 heavy (non-hydrogen) atoms. The molecule has 6 heteroatoms. The Balaban J connectivity index is 2.73. The van der Waals surface area contributed by atoms with Crippen molar-refractivity contribution in [3.05, 3.63) is 28.8 Å². The van der Waals surface area contributed by atoms with Crippen LogP contribution in [0.4, 0.5) is 14.5 Å². The average Bonchev–Trinajstić information content (AvgIpc) is 2.23. The third-order valence-electron chi connectivity index (χ3n) is 1.82. The Hall–Kier alpha value is -1.20. The van der Waals surface area contributed by atoms with Crippen molar-refractivity contribution < 1.29 is 18.3 Å². The standard InChI is InChI=1S/C10H10ClF2NO2/c1-16-3-2-10(15)14-9-5-8(13)7(12)4-6(9)11/h4-5H,2-3H2,1H3,(H,14,15). The molecule has 0 saturated heterocycles. The predicted molar refractivity (Wildman–Crippen MR) is 56.5 cm³/mol. The van der Waals surface area contributed by atoms with Gasteiger partial charge in [0.05, 0.1) is 23.7 Å². The molecule has 0 saturated carbocycles. The summed E-state index contributed by atoms with van der Waals surface area (Å²) < 4.78 is 30.3. The number of amides is 1. The molecule has 1 amide bonds. The van der Waals surface area contributed by atoms with E-state index in [1.54, 1.807) is 0 Å². The summed E-state index contributed by atoms with van der Waals surface area (Å²) >= 11 is 5.63. The van der Waals surface area contributed by atoms with Gasteiger partial charge in [-0.15, -0.1) is 0 Å². The van der Waals surface area contributed by atoms with Crippen LogP contribution in [0.25, 0.3) is 0 Å². The second-order valence-corrected chi connectivity index (χ2v) is 3.44. The number of nitrogens with one attached hydrogen (secondary N) is 1. The lowest BCUT2D eigenvalue weighted by molar-refractivity contribution is -0.117. The van der Waals surface area contributed by atoms with E-state index in [2.05, 4.69) is 5.32 Å². The summed E-state index contributed by atoms with van der Waals surface area (Å²) in [5, 5.41) is 2.30. The molecule has 0 atom stereocenters.